The van der Waals surface area contributed by atoms with Crippen molar-refractivity contribution in [1.29, 1.82) is 0 Å². The normalized spacial score (nSPS) is 34.5. The lowest BCUT2D eigenvalue weighted by Gasteiger charge is -2.44. The molecule has 4 heteroatoms. The third-order valence-corrected chi connectivity index (χ3v) is 6.17. The molecular weight excluding hydrogens is 291 g/mol. The summed E-state index contributed by atoms with van der Waals surface area (Å²) in [5.41, 5.74) is 2.67. The summed E-state index contributed by atoms with van der Waals surface area (Å²) in [6.45, 7) is 9.20. The average Bonchev–Trinajstić information content (AvgIpc) is 2.77. The molecule has 1 heterocycles. The SMILES string of the molecule is Cc1cc(Cl)nc(Cl)c1NC1C2(C)CCC(C2)C1(C)C. The highest BCUT2D eigenvalue weighted by Crippen LogP contribution is 2.63. The van der Waals surface area contributed by atoms with Gasteiger partial charge in [-0.05, 0) is 54.6 Å². The Morgan fingerprint density at radius 3 is 2.55 bits per heavy atom. The smallest absolute Gasteiger partial charge is 0.154 e. The van der Waals surface area contributed by atoms with Crippen LogP contribution < -0.4 is 5.32 Å². The molecule has 3 unspecified atom stereocenters. The third kappa shape index (κ3) is 2.03. The maximum absolute atomic E-state index is 6.30. The zero-order valence-electron chi connectivity index (χ0n) is 12.6. The number of halogens is 2. The molecule has 0 radical (unpaired) electrons. The van der Waals surface area contributed by atoms with E-state index < -0.39 is 0 Å². The molecule has 2 fully saturated rings. The summed E-state index contributed by atoms with van der Waals surface area (Å²) in [7, 11) is 0. The lowest BCUT2D eigenvalue weighted by molar-refractivity contribution is 0.155. The summed E-state index contributed by atoms with van der Waals surface area (Å²) >= 11 is 12.3. The van der Waals surface area contributed by atoms with Gasteiger partial charge in [-0.1, -0.05) is 44.0 Å². The molecular formula is C16H22Cl2N2. The average molecular weight is 313 g/mol. The van der Waals surface area contributed by atoms with Gasteiger partial charge in [0.2, 0.25) is 0 Å². The minimum Gasteiger partial charge on any atom is -0.379 e. The topological polar surface area (TPSA) is 24.9 Å². The molecule has 0 amide bonds. The van der Waals surface area contributed by atoms with Crippen molar-refractivity contribution in [3.05, 3.63) is 21.9 Å². The van der Waals surface area contributed by atoms with Crippen LogP contribution in [0.15, 0.2) is 6.07 Å². The quantitative estimate of drug-likeness (QED) is 0.747. The number of pyridine rings is 1. The van der Waals surface area contributed by atoms with Crippen molar-refractivity contribution < 1.29 is 0 Å². The molecule has 1 N–H and O–H groups in total. The lowest BCUT2D eigenvalue weighted by Crippen LogP contribution is -2.46. The Hall–Kier alpha value is -0.470. The second kappa shape index (κ2) is 4.51. The highest BCUT2D eigenvalue weighted by molar-refractivity contribution is 6.34. The second-order valence-corrected chi connectivity index (χ2v) is 8.17. The van der Waals surface area contributed by atoms with Gasteiger partial charge in [0.15, 0.2) is 5.15 Å². The fourth-order valence-electron chi connectivity index (χ4n) is 4.58. The molecule has 20 heavy (non-hydrogen) atoms. The van der Waals surface area contributed by atoms with Gasteiger partial charge in [0.1, 0.15) is 5.15 Å². The first-order valence-electron chi connectivity index (χ1n) is 7.33. The number of aromatic nitrogens is 1. The second-order valence-electron chi connectivity index (χ2n) is 7.42. The van der Waals surface area contributed by atoms with Gasteiger partial charge in [-0.2, -0.15) is 0 Å². The minimum atomic E-state index is 0.294. The molecule has 1 aromatic heterocycles. The fourth-order valence-corrected chi connectivity index (χ4v) is 5.16. The molecule has 0 saturated heterocycles. The summed E-state index contributed by atoms with van der Waals surface area (Å²) in [6, 6.07) is 2.31. The predicted octanol–water partition coefficient (Wildman–Crippen LogP) is 5.32. The number of nitrogens with zero attached hydrogens (tertiary/aromatic N) is 1. The number of nitrogens with one attached hydrogen (secondary N) is 1. The Labute approximate surface area is 131 Å². The summed E-state index contributed by atoms with van der Waals surface area (Å²) in [4.78, 5) is 4.18. The lowest BCUT2D eigenvalue weighted by atomic mass is 9.68. The first kappa shape index (κ1) is 14.5. The van der Waals surface area contributed by atoms with Crippen molar-refractivity contribution in [3.8, 4) is 0 Å². The van der Waals surface area contributed by atoms with Gasteiger partial charge in [0, 0.05) is 6.04 Å². The van der Waals surface area contributed by atoms with E-state index in [0.29, 0.717) is 27.2 Å². The van der Waals surface area contributed by atoms with Crippen molar-refractivity contribution in [3.63, 3.8) is 0 Å². The summed E-state index contributed by atoms with van der Waals surface area (Å²) < 4.78 is 0. The minimum absolute atomic E-state index is 0.294. The zero-order chi connectivity index (χ0) is 14.7. The van der Waals surface area contributed by atoms with E-state index in [-0.39, 0.29) is 0 Å². The van der Waals surface area contributed by atoms with E-state index in [1.165, 1.54) is 19.3 Å². The van der Waals surface area contributed by atoms with E-state index in [9.17, 15) is 0 Å². The van der Waals surface area contributed by atoms with Crippen molar-refractivity contribution in [2.24, 2.45) is 16.7 Å². The maximum atomic E-state index is 6.30. The Balaban J connectivity index is 1.96. The molecule has 2 saturated carbocycles. The van der Waals surface area contributed by atoms with E-state index in [1.54, 1.807) is 0 Å². The molecule has 3 rings (SSSR count). The van der Waals surface area contributed by atoms with Crippen molar-refractivity contribution in [1.82, 2.24) is 4.98 Å². The van der Waals surface area contributed by atoms with E-state index >= 15 is 0 Å². The van der Waals surface area contributed by atoms with Crippen LogP contribution in [0.2, 0.25) is 10.3 Å². The molecule has 3 atom stereocenters. The fraction of sp³-hybridized carbons (Fsp3) is 0.688. The molecule has 0 spiro atoms. The number of hydrogen-bond acceptors (Lipinski definition) is 2. The van der Waals surface area contributed by atoms with Gasteiger partial charge in [-0.25, -0.2) is 4.98 Å². The van der Waals surface area contributed by atoms with Crippen molar-refractivity contribution in [2.75, 3.05) is 5.32 Å². The van der Waals surface area contributed by atoms with E-state index in [0.717, 1.165) is 17.2 Å². The van der Waals surface area contributed by atoms with Crippen LogP contribution in [0.3, 0.4) is 0 Å². The van der Waals surface area contributed by atoms with Crippen LogP contribution in [0.5, 0.6) is 0 Å². The van der Waals surface area contributed by atoms with Crippen LogP contribution in [0, 0.1) is 23.7 Å². The van der Waals surface area contributed by atoms with Crippen molar-refractivity contribution in [2.45, 2.75) is 53.0 Å². The van der Waals surface area contributed by atoms with E-state index in [4.69, 9.17) is 23.2 Å². The standard InChI is InChI=1S/C16H22Cl2N2/c1-9-7-11(17)19-13(18)12(9)20-14-15(2,3)10-5-6-16(14,4)8-10/h7,10,14,20H,5-6,8H2,1-4H3. The molecule has 0 aromatic carbocycles. The summed E-state index contributed by atoms with van der Waals surface area (Å²) in [6.07, 6.45) is 3.97. The Bertz CT molecular complexity index is 528. The van der Waals surface area contributed by atoms with E-state index in [1.807, 2.05) is 13.0 Å². The van der Waals surface area contributed by atoms with Crippen LogP contribution in [0.25, 0.3) is 0 Å². The molecule has 2 aliphatic rings. The number of hydrogen-bond donors (Lipinski definition) is 1. The number of aryl methyl sites for hydroxylation is 1. The molecule has 2 aliphatic carbocycles. The van der Waals surface area contributed by atoms with Crippen LogP contribution in [0.4, 0.5) is 5.69 Å². The monoisotopic (exact) mass is 312 g/mol. The largest absolute Gasteiger partial charge is 0.379 e. The molecule has 110 valence electrons. The van der Waals surface area contributed by atoms with Crippen LogP contribution in [-0.4, -0.2) is 11.0 Å². The van der Waals surface area contributed by atoms with Gasteiger partial charge in [-0.15, -0.1) is 0 Å². The zero-order valence-corrected chi connectivity index (χ0v) is 14.1. The van der Waals surface area contributed by atoms with Gasteiger partial charge in [0.25, 0.3) is 0 Å². The highest BCUT2D eigenvalue weighted by atomic mass is 35.5. The Morgan fingerprint density at radius 1 is 1.30 bits per heavy atom. The Morgan fingerprint density at radius 2 is 2.00 bits per heavy atom. The molecule has 2 nitrogen and oxygen atoms in total. The van der Waals surface area contributed by atoms with Gasteiger partial charge < -0.3 is 5.32 Å². The van der Waals surface area contributed by atoms with Gasteiger partial charge >= 0.3 is 0 Å². The molecule has 2 bridgehead atoms. The van der Waals surface area contributed by atoms with Crippen LogP contribution >= 0.6 is 23.2 Å². The van der Waals surface area contributed by atoms with Crippen LogP contribution in [-0.2, 0) is 0 Å². The van der Waals surface area contributed by atoms with Crippen LogP contribution in [0.1, 0.15) is 45.6 Å². The summed E-state index contributed by atoms with van der Waals surface area (Å²) in [5, 5.41) is 4.65. The molecule has 1 aromatic rings. The summed E-state index contributed by atoms with van der Waals surface area (Å²) in [5.74, 6) is 0.810. The Kier molecular flexibility index (Phi) is 3.26. The first-order chi connectivity index (χ1) is 9.24. The maximum Gasteiger partial charge on any atom is 0.154 e. The first-order valence-corrected chi connectivity index (χ1v) is 8.09. The van der Waals surface area contributed by atoms with Crippen molar-refractivity contribution >= 4 is 28.9 Å². The number of anilines is 1. The van der Waals surface area contributed by atoms with Gasteiger partial charge in [0.05, 0.1) is 5.69 Å². The van der Waals surface area contributed by atoms with E-state index in [2.05, 4.69) is 31.1 Å². The number of fused-ring (bicyclic) bond motifs is 2. The predicted molar refractivity (Wildman–Crippen MR) is 85.6 cm³/mol. The molecule has 0 aliphatic heterocycles. The third-order valence-electron chi connectivity index (χ3n) is 5.70. The highest BCUT2D eigenvalue weighted by Gasteiger charge is 2.59. The number of rotatable bonds is 2. The van der Waals surface area contributed by atoms with Gasteiger partial charge in [-0.3, -0.25) is 0 Å².